The second kappa shape index (κ2) is 5.71. The second-order valence-corrected chi connectivity index (χ2v) is 4.75. The molecule has 6 nitrogen and oxygen atoms in total. The van der Waals surface area contributed by atoms with E-state index in [0.29, 0.717) is 5.75 Å². The summed E-state index contributed by atoms with van der Waals surface area (Å²) in [6, 6.07) is 4.37. The third-order valence-corrected chi connectivity index (χ3v) is 2.32. The van der Waals surface area contributed by atoms with Crippen molar-refractivity contribution in [2.75, 3.05) is 13.7 Å². The quantitative estimate of drug-likeness (QED) is 0.713. The van der Waals surface area contributed by atoms with Crippen LogP contribution in [0.3, 0.4) is 0 Å². The summed E-state index contributed by atoms with van der Waals surface area (Å²) in [5.74, 6) is -0.735. The largest absolute Gasteiger partial charge is 0.491 e. The molecule has 0 saturated carbocycles. The van der Waals surface area contributed by atoms with Crippen LogP contribution in [0.5, 0.6) is 5.75 Å². The molecule has 4 N–H and O–H groups in total. The minimum Gasteiger partial charge on any atom is -0.491 e. The van der Waals surface area contributed by atoms with Crippen molar-refractivity contribution in [3.05, 3.63) is 29.3 Å². The van der Waals surface area contributed by atoms with Gasteiger partial charge in [0, 0.05) is 7.05 Å². The van der Waals surface area contributed by atoms with Gasteiger partial charge in [-0.05, 0) is 32.0 Å². The summed E-state index contributed by atoms with van der Waals surface area (Å²) in [5, 5.41) is 12.0. The van der Waals surface area contributed by atoms with E-state index in [1.165, 1.54) is 25.2 Å². The molecule has 0 heterocycles. The van der Waals surface area contributed by atoms with Crippen molar-refractivity contribution in [1.29, 1.82) is 0 Å². The normalized spacial score (nSPS) is 10.9. The van der Waals surface area contributed by atoms with E-state index in [2.05, 4.69) is 5.32 Å². The molecule has 104 valence electrons. The first kappa shape index (κ1) is 15.0. The lowest BCUT2D eigenvalue weighted by Crippen LogP contribution is -2.28. The van der Waals surface area contributed by atoms with Crippen LogP contribution in [0.25, 0.3) is 0 Å². The van der Waals surface area contributed by atoms with Gasteiger partial charge >= 0.3 is 0 Å². The maximum Gasteiger partial charge on any atom is 0.251 e. The van der Waals surface area contributed by atoms with E-state index in [9.17, 15) is 14.7 Å². The van der Waals surface area contributed by atoms with Gasteiger partial charge in [0.2, 0.25) is 5.91 Å². The van der Waals surface area contributed by atoms with Crippen LogP contribution >= 0.6 is 0 Å². The zero-order chi connectivity index (χ0) is 14.6. The van der Waals surface area contributed by atoms with E-state index >= 15 is 0 Å². The Bertz CT molecular complexity index is 492. The Morgan fingerprint density at radius 3 is 2.47 bits per heavy atom. The lowest BCUT2D eigenvalue weighted by molar-refractivity contribution is 0.0284. The van der Waals surface area contributed by atoms with Crippen molar-refractivity contribution >= 4 is 11.8 Å². The van der Waals surface area contributed by atoms with Crippen molar-refractivity contribution < 1.29 is 19.4 Å². The van der Waals surface area contributed by atoms with Crippen LogP contribution in [0.1, 0.15) is 34.6 Å². The van der Waals surface area contributed by atoms with E-state index in [-0.39, 0.29) is 17.7 Å². The molecular weight excluding hydrogens is 248 g/mol. The number of aliphatic hydroxyl groups is 1. The average Bonchev–Trinajstić information content (AvgIpc) is 2.34. The number of carbonyl (C=O) groups is 2. The van der Waals surface area contributed by atoms with Gasteiger partial charge < -0.3 is 20.9 Å². The molecule has 6 heteroatoms. The van der Waals surface area contributed by atoms with Gasteiger partial charge in [-0.2, -0.15) is 0 Å². The number of amides is 2. The summed E-state index contributed by atoms with van der Waals surface area (Å²) in [4.78, 5) is 22.9. The molecule has 19 heavy (non-hydrogen) atoms. The van der Waals surface area contributed by atoms with Gasteiger partial charge in [0.1, 0.15) is 12.4 Å². The lowest BCUT2D eigenvalue weighted by atomic mass is 10.1. The highest BCUT2D eigenvalue weighted by Crippen LogP contribution is 2.19. The zero-order valence-electron chi connectivity index (χ0n) is 11.2. The average molecular weight is 266 g/mol. The van der Waals surface area contributed by atoms with E-state index in [1.807, 2.05) is 0 Å². The van der Waals surface area contributed by atoms with Crippen LogP contribution in [0.15, 0.2) is 18.2 Å². The van der Waals surface area contributed by atoms with E-state index in [1.54, 1.807) is 13.8 Å². The molecule has 0 radical (unpaired) electrons. The maximum atomic E-state index is 11.7. The number of hydrogen-bond donors (Lipinski definition) is 3. The number of rotatable bonds is 5. The lowest BCUT2D eigenvalue weighted by Gasteiger charge is -2.18. The summed E-state index contributed by atoms with van der Waals surface area (Å²) in [6.07, 6.45) is 0. The molecule has 0 atom stereocenters. The Morgan fingerprint density at radius 1 is 1.37 bits per heavy atom. The molecule has 0 aromatic heterocycles. The fourth-order valence-corrected chi connectivity index (χ4v) is 1.41. The number of ether oxygens (including phenoxy) is 1. The third-order valence-electron chi connectivity index (χ3n) is 2.32. The Kier molecular flexibility index (Phi) is 4.50. The first-order valence-electron chi connectivity index (χ1n) is 5.75. The fraction of sp³-hybridized carbons (Fsp3) is 0.385. The SMILES string of the molecule is CNC(=O)c1cc(OCC(C)(C)O)ccc1C(N)=O. The molecule has 2 amide bonds. The molecule has 0 spiro atoms. The van der Waals surface area contributed by atoms with Gasteiger partial charge in [0.25, 0.3) is 5.91 Å². The number of benzene rings is 1. The molecular formula is C13H18N2O4. The second-order valence-electron chi connectivity index (χ2n) is 4.75. The number of hydrogen-bond acceptors (Lipinski definition) is 4. The maximum absolute atomic E-state index is 11.7. The molecule has 0 saturated heterocycles. The monoisotopic (exact) mass is 266 g/mol. The Morgan fingerprint density at radius 2 is 2.00 bits per heavy atom. The van der Waals surface area contributed by atoms with Crippen LogP contribution in [0.2, 0.25) is 0 Å². The van der Waals surface area contributed by atoms with Gasteiger partial charge in [0.05, 0.1) is 16.7 Å². The van der Waals surface area contributed by atoms with Crippen LogP contribution < -0.4 is 15.8 Å². The van der Waals surface area contributed by atoms with Crippen LogP contribution in [0, 0.1) is 0 Å². The zero-order valence-corrected chi connectivity index (χ0v) is 11.2. The minimum atomic E-state index is -0.991. The van der Waals surface area contributed by atoms with Crippen molar-refractivity contribution in [2.24, 2.45) is 5.73 Å². The molecule has 1 aromatic carbocycles. The van der Waals surface area contributed by atoms with Gasteiger partial charge in [-0.25, -0.2) is 0 Å². The summed E-state index contributed by atoms with van der Waals surface area (Å²) < 4.78 is 5.36. The predicted octanol–water partition coefficient (Wildman–Crippen LogP) is 0.295. The summed E-state index contributed by atoms with van der Waals surface area (Å²) in [6.45, 7) is 3.27. The Hall–Kier alpha value is -2.08. The van der Waals surface area contributed by atoms with Crippen molar-refractivity contribution in [3.63, 3.8) is 0 Å². The van der Waals surface area contributed by atoms with E-state index < -0.39 is 17.4 Å². The van der Waals surface area contributed by atoms with E-state index in [0.717, 1.165) is 0 Å². The predicted molar refractivity (Wildman–Crippen MR) is 70.1 cm³/mol. The first-order valence-corrected chi connectivity index (χ1v) is 5.75. The topological polar surface area (TPSA) is 102 Å². The standard InChI is InChI=1S/C13H18N2O4/c1-13(2,18)7-19-8-4-5-9(11(14)16)10(6-8)12(17)15-3/h4-6,18H,7H2,1-3H3,(H2,14,16)(H,15,17). The molecule has 1 rings (SSSR count). The molecule has 0 unspecified atom stereocenters. The number of carbonyl (C=O) groups excluding carboxylic acids is 2. The molecule has 0 aliphatic rings. The van der Waals surface area contributed by atoms with Gasteiger partial charge in [-0.3, -0.25) is 9.59 Å². The van der Waals surface area contributed by atoms with Crippen molar-refractivity contribution in [2.45, 2.75) is 19.4 Å². The van der Waals surface area contributed by atoms with Crippen LogP contribution in [-0.4, -0.2) is 36.2 Å². The summed E-state index contributed by atoms with van der Waals surface area (Å²) in [5.41, 5.74) is 4.47. The van der Waals surface area contributed by atoms with Gasteiger partial charge in [0.15, 0.2) is 0 Å². The van der Waals surface area contributed by atoms with Crippen LogP contribution in [0.4, 0.5) is 0 Å². The Labute approximate surface area is 111 Å². The highest BCUT2D eigenvalue weighted by Gasteiger charge is 2.17. The van der Waals surface area contributed by atoms with Gasteiger partial charge in [-0.1, -0.05) is 0 Å². The molecule has 0 aliphatic carbocycles. The van der Waals surface area contributed by atoms with E-state index in [4.69, 9.17) is 10.5 Å². The van der Waals surface area contributed by atoms with Crippen molar-refractivity contribution in [1.82, 2.24) is 5.32 Å². The summed E-state index contributed by atoms with van der Waals surface area (Å²) in [7, 11) is 1.46. The first-order chi connectivity index (χ1) is 8.74. The molecule has 0 bridgehead atoms. The fourth-order valence-electron chi connectivity index (χ4n) is 1.41. The number of nitrogens with two attached hydrogens (primary N) is 1. The molecule has 0 fully saturated rings. The van der Waals surface area contributed by atoms with Gasteiger partial charge in [-0.15, -0.1) is 0 Å². The number of nitrogens with one attached hydrogen (secondary N) is 1. The minimum absolute atomic E-state index is 0.0656. The Balaban J connectivity index is 3.05. The third kappa shape index (κ3) is 4.26. The smallest absolute Gasteiger partial charge is 0.251 e. The van der Waals surface area contributed by atoms with Crippen molar-refractivity contribution in [3.8, 4) is 5.75 Å². The summed E-state index contributed by atoms with van der Waals surface area (Å²) >= 11 is 0. The molecule has 0 aliphatic heterocycles. The number of primary amides is 1. The molecule has 1 aromatic rings. The highest BCUT2D eigenvalue weighted by molar-refractivity contribution is 6.06. The van der Waals surface area contributed by atoms with Crippen LogP contribution in [-0.2, 0) is 0 Å². The highest BCUT2D eigenvalue weighted by atomic mass is 16.5.